The fourth-order valence-corrected chi connectivity index (χ4v) is 2.77. The summed E-state index contributed by atoms with van der Waals surface area (Å²) >= 11 is 0. The van der Waals surface area contributed by atoms with Crippen molar-refractivity contribution in [2.75, 3.05) is 5.75 Å². The Kier molecular flexibility index (Phi) is 3.26. The van der Waals surface area contributed by atoms with E-state index in [-0.39, 0.29) is 17.1 Å². The smallest absolute Gasteiger partial charge is 0.250 e. The average Bonchev–Trinajstić information content (AvgIpc) is 2.34. The molecule has 0 bridgehead atoms. The van der Waals surface area contributed by atoms with E-state index >= 15 is 0 Å². The number of aryl methyl sites for hydroxylation is 1. The molecule has 0 saturated carbocycles. The molecule has 0 saturated heterocycles. The van der Waals surface area contributed by atoms with Gasteiger partial charge in [-0.05, 0) is 29.1 Å². The van der Waals surface area contributed by atoms with Gasteiger partial charge in [-0.2, -0.15) is 0 Å². The van der Waals surface area contributed by atoms with Crippen molar-refractivity contribution in [2.45, 2.75) is 12.7 Å². The van der Waals surface area contributed by atoms with Gasteiger partial charge in [-0.3, -0.25) is 4.79 Å². The van der Waals surface area contributed by atoms with Gasteiger partial charge in [-0.15, -0.1) is 0 Å². The highest BCUT2D eigenvalue weighted by molar-refractivity contribution is 7.90. The van der Waals surface area contributed by atoms with E-state index in [0.717, 1.165) is 16.5 Å². The zero-order chi connectivity index (χ0) is 13.3. The fourth-order valence-electron chi connectivity index (χ4n) is 1.88. The molecule has 0 amide bonds. The Morgan fingerprint density at radius 3 is 2.56 bits per heavy atom. The quantitative estimate of drug-likeness (QED) is 0.844. The summed E-state index contributed by atoms with van der Waals surface area (Å²) in [5.74, 6) is 0.181. The Morgan fingerprint density at radius 2 is 1.89 bits per heavy atom. The Balaban J connectivity index is 2.53. The average molecular weight is 265 g/mol. The van der Waals surface area contributed by atoms with E-state index in [4.69, 9.17) is 0 Å². The summed E-state index contributed by atoms with van der Waals surface area (Å²) in [6.45, 7) is 1.64. The number of sulfone groups is 1. The number of nitrogens with zero attached hydrogens (tertiary/aromatic N) is 1. The largest absolute Gasteiger partial charge is 0.311 e. The second-order valence-electron chi connectivity index (χ2n) is 4.30. The van der Waals surface area contributed by atoms with Crippen LogP contribution in [0, 0.1) is 0 Å². The second kappa shape index (κ2) is 4.57. The normalized spacial score (nSPS) is 11.9. The van der Waals surface area contributed by atoms with Gasteiger partial charge in [0.15, 0.2) is 9.84 Å². The summed E-state index contributed by atoms with van der Waals surface area (Å²) in [5.41, 5.74) is 1.49. The maximum atomic E-state index is 11.6. The van der Waals surface area contributed by atoms with E-state index in [1.165, 1.54) is 6.07 Å². The molecule has 0 aliphatic rings. The van der Waals surface area contributed by atoms with E-state index < -0.39 is 9.84 Å². The third-order valence-corrected chi connectivity index (χ3v) is 4.67. The van der Waals surface area contributed by atoms with Crippen molar-refractivity contribution in [2.24, 2.45) is 7.05 Å². The SMILES string of the molecule is CCS(=O)(=O)Cc1ccc2c(ccc(=O)n2C)c1. The van der Waals surface area contributed by atoms with Crippen LogP contribution in [0.1, 0.15) is 12.5 Å². The predicted molar refractivity (Wildman–Crippen MR) is 72.4 cm³/mol. The molecule has 0 atom stereocenters. The van der Waals surface area contributed by atoms with E-state index in [1.54, 1.807) is 36.7 Å². The molecule has 4 nitrogen and oxygen atoms in total. The van der Waals surface area contributed by atoms with Gasteiger partial charge in [0.2, 0.25) is 0 Å². The monoisotopic (exact) mass is 265 g/mol. The van der Waals surface area contributed by atoms with Gasteiger partial charge in [-0.1, -0.05) is 13.0 Å². The predicted octanol–water partition coefficient (Wildman–Crippen LogP) is 1.47. The second-order valence-corrected chi connectivity index (χ2v) is 6.65. The first-order valence-electron chi connectivity index (χ1n) is 5.72. The van der Waals surface area contributed by atoms with Crippen LogP contribution >= 0.6 is 0 Å². The number of rotatable bonds is 3. The van der Waals surface area contributed by atoms with Crippen LogP contribution in [0.15, 0.2) is 35.1 Å². The van der Waals surface area contributed by atoms with Crippen LogP contribution < -0.4 is 5.56 Å². The van der Waals surface area contributed by atoms with Crippen LogP contribution in [0.2, 0.25) is 0 Å². The molecule has 1 heterocycles. The van der Waals surface area contributed by atoms with Gasteiger partial charge >= 0.3 is 0 Å². The number of fused-ring (bicyclic) bond motifs is 1. The van der Waals surface area contributed by atoms with Crippen molar-refractivity contribution < 1.29 is 8.42 Å². The van der Waals surface area contributed by atoms with Crippen LogP contribution in [0.3, 0.4) is 0 Å². The minimum Gasteiger partial charge on any atom is -0.311 e. The highest BCUT2D eigenvalue weighted by Gasteiger charge is 2.09. The zero-order valence-electron chi connectivity index (χ0n) is 10.4. The van der Waals surface area contributed by atoms with Crippen molar-refractivity contribution in [3.05, 3.63) is 46.2 Å². The minimum atomic E-state index is -3.03. The highest BCUT2D eigenvalue weighted by atomic mass is 32.2. The van der Waals surface area contributed by atoms with E-state index in [1.807, 2.05) is 6.07 Å². The molecule has 1 aromatic heterocycles. The molecule has 18 heavy (non-hydrogen) atoms. The number of hydrogen-bond donors (Lipinski definition) is 0. The number of pyridine rings is 1. The molecule has 2 aromatic rings. The van der Waals surface area contributed by atoms with Gasteiger partial charge in [0.1, 0.15) is 0 Å². The lowest BCUT2D eigenvalue weighted by molar-refractivity contribution is 0.596. The Labute approximate surface area is 106 Å². The molecular formula is C13H15NO3S. The zero-order valence-corrected chi connectivity index (χ0v) is 11.2. The molecule has 0 unspecified atom stereocenters. The lowest BCUT2D eigenvalue weighted by Crippen LogP contribution is -2.15. The van der Waals surface area contributed by atoms with Gasteiger partial charge in [0, 0.05) is 18.9 Å². The summed E-state index contributed by atoms with van der Waals surface area (Å²) in [7, 11) is -1.33. The van der Waals surface area contributed by atoms with Crippen molar-refractivity contribution in [3.8, 4) is 0 Å². The van der Waals surface area contributed by atoms with Crippen LogP contribution in [0.5, 0.6) is 0 Å². The maximum Gasteiger partial charge on any atom is 0.250 e. The van der Waals surface area contributed by atoms with E-state index in [0.29, 0.717) is 0 Å². The van der Waals surface area contributed by atoms with Crippen molar-refractivity contribution in [1.82, 2.24) is 4.57 Å². The molecule has 5 heteroatoms. The molecule has 1 aromatic carbocycles. The Morgan fingerprint density at radius 1 is 1.17 bits per heavy atom. The lowest BCUT2D eigenvalue weighted by atomic mass is 10.1. The summed E-state index contributed by atoms with van der Waals surface area (Å²) in [6.07, 6.45) is 0. The van der Waals surface area contributed by atoms with Crippen LogP contribution in [0.4, 0.5) is 0 Å². The Bertz CT molecular complexity index is 744. The van der Waals surface area contributed by atoms with Crippen molar-refractivity contribution >= 4 is 20.7 Å². The van der Waals surface area contributed by atoms with Gasteiger partial charge < -0.3 is 4.57 Å². The summed E-state index contributed by atoms with van der Waals surface area (Å²) in [6, 6.07) is 8.58. The van der Waals surface area contributed by atoms with Crippen LogP contribution in [-0.4, -0.2) is 18.7 Å². The van der Waals surface area contributed by atoms with Gasteiger partial charge in [-0.25, -0.2) is 8.42 Å². The molecule has 0 N–H and O–H groups in total. The van der Waals surface area contributed by atoms with Crippen molar-refractivity contribution in [3.63, 3.8) is 0 Å². The third-order valence-electron chi connectivity index (χ3n) is 3.02. The molecule has 96 valence electrons. The third kappa shape index (κ3) is 2.46. The molecule has 0 aliphatic carbocycles. The molecule has 0 spiro atoms. The van der Waals surface area contributed by atoms with Gasteiger partial charge in [0.25, 0.3) is 5.56 Å². The fraction of sp³-hybridized carbons (Fsp3) is 0.308. The Hall–Kier alpha value is -1.62. The topological polar surface area (TPSA) is 56.1 Å². The highest BCUT2D eigenvalue weighted by Crippen LogP contribution is 2.16. The molecule has 0 aliphatic heterocycles. The number of hydrogen-bond acceptors (Lipinski definition) is 3. The summed E-state index contributed by atoms with van der Waals surface area (Å²) in [5, 5.41) is 0.876. The summed E-state index contributed by atoms with van der Waals surface area (Å²) in [4.78, 5) is 11.5. The minimum absolute atomic E-state index is 0.0439. The first-order chi connectivity index (χ1) is 8.43. The van der Waals surface area contributed by atoms with Crippen molar-refractivity contribution in [1.29, 1.82) is 0 Å². The first-order valence-corrected chi connectivity index (χ1v) is 7.54. The molecule has 0 radical (unpaired) electrons. The van der Waals surface area contributed by atoms with Gasteiger partial charge in [0.05, 0.1) is 11.3 Å². The molecule has 0 fully saturated rings. The van der Waals surface area contributed by atoms with E-state index in [2.05, 4.69) is 0 Å². The van der Waals surface area contributed by atoms with E-state index in [9.17, 15) is 13.2 Å². The lowest BCUT2D eigenvalue weighted by Gasteiger charge is -2.07. The molecule has 2 rings (SSSR count). The number of benzene rings is 1. The maximum absolute atomic E-state index is 11.6. The summed E-state index contributed by atoms with van der Waals surface area (Å²) < 4.78 is 24.7. The standard InChI is InChI=1S/C13H15NO3S/c1-3-18(16,17)9-10-4-6-12-11(8-10)5-7-13(15)14(12)2/h4-8H,3,9H2,1-2H3. The first kappa shape index (κ1) is 12.8. The van der Waals surface area contributed by atoms with Crippen LogP contribution in [0.25, 0.3) is 10.9 Å². The van der Waals surface area contributed by atoms with Crippen LogP contribution in [-0.2, 0) is 22.6 Å². The number of aromatic nitrogens is 1. The molecular weight excluding hydrogens is 250 g/mol.